The van der Waals surface area contributed by atoms with Gasteiger partial charge in [0.15, 0.2) is 0 Å². The van der Waals surface area contributed by atoms with Crippen molar-refractivity contribution in [2.45, 2.75) is 76.9 Å². The number of hydrogen-bond donors (Lipinski definition) is 1. The van der Waals surface area contributed by atoms with Crippen molar-refractivity contribution in [2.24, 2.45) is 0 Å². The van der Waals surface area contributed by atoms with Crippen LogP contribution in [0.4, 0.5) is 4.79 Å². The van der Waals surface area contributed by atoms with E-state index in [4.69, 9.17) is 9.72 Å². The van der Waals surface area contributed by atoms with Crippen LogP contribution in [0.25, 0.3) is 27.5 Å². The van der Waals surface area contributed by atoms with Crippen LogP contribution in [0.5, 0.6) is 0 Å². The molecular weight excluding hydrogens is 630 g/mol. The average molecular weight is 678 g/mol. The number of carboxylic acid groups (broad SMARTS) is 1. The fourth-order valence-electron chi connectivity index (χ4n) is 7.46. The van der Waals surface area contributed by atoms with E-state index in [9.17, 15) is 19.5 Å². The molecule has 1 aliphatic rings. The van der Waals surface area contributed by atoms with Gasteiger partial charge in [-0.3, -0.25) is 19.1 Å². The van der Waals surface area contributed by atoms with Gasteiger partial charge in [-0.15, -0.1) is 0 Å². The number of fused-ring (bicyclic) bond motifs is 2. The molecule has 2 amide bonds. The van der Waals surface area contributed by atoms with E-state index >= 15 is 0 Å². The Balaban J connectivity index is 1.23. The highest BCUT2D eigenvalue weighted by Gasteiger charge is 2.37. The molecule has 6 rings (SSSR count). The average Bonchev–Trinajstić information content (AvgIpc) is 3.47. The van der Waals surface area contributed by atoms with Crippen LogP contribution in [0.3, 0.4) is 0 Å². The Labute approximate surface area is 292 Å². The standard InChI is InChI=1S/C40H47N5O5/c1-40(2,3)45(39(48)49)32(25-28-16-18-31(19-17-28)43-23-20-29-11-5-6-13-33(29)38(43)47)26-36(46)42-21-9-12-30(27-42)37-41-34-14-7-8-15-35(34)44(37)22-10-24-50-4/h5-8,11,13-20,23,30,32H,9-10,12,21-22,24-27H2,1-4H3,(H,48,49)/t30-,32-/m1/s1. The van der Waals surface area contributed by atoms with E-state index < -0.39 is 17.7 Å². The number of piperidine rings is 1. The zero-order valence-corrected chi connectivity index (χ0v) is 29.4. The lowest BCUT2D eigenvalue weighted by Gasteiger charge is -2.41. The number of nitrogens with zero attached hydrogens (tertiary/aromatic N) is 5. The Bertz CT molecular complexity index is 2030. The number of para-hydroxylation sites is 2. The zero-order valence-electron chi connectivity index (χ0n) is 29.4. The molecular formula is C40H47N5O5. The molecule has 2 aromatic heterocycles. The van der Waals surface area contributed by atoms with Gasteiger partial charge in [-0.2, -0.15) is 0 Å². The molecule has 50 heavy (non-hydrogen) atoms. The monoisotopic (exact) mass is 677 g/mol. The molecule has 1 saturated heterocycles. The van der Waals surface area contributed by atoms with Crippen molar-refractivity contribution < 1.29 is 19.4 Å². The molecule has 3 aromatic carbocycles. The highest BCUT2D eigenvalue weighted by molar-refractivity contribution is 5.81. The van der Waals surface area contributed by atoms with E-state index in [1.807, 2.05) is 98.5 Å². The molecule has 0 unspecified atom stereocenters. The fraction of sp³-hybridized carbons (Fsp3) is 0.400. The normalized spacial score (nSPS) is 15.8. The van der Waals surface area contributed by atoms with Gasteiger partial charge in [-0.05, 0) is 93.8 Å². The van der Waals surface area contributed by atoms with Crippen molar-refractivity contribution in [1.82, 2.24) is 23.9 Å². The largest absolute Gasteiger partial charge is 0.465 e. The third-order valence-corrected chi connectivity index (χ3v) is 9.76. The smallest absolute Gasteiger partial charge is 0.408 e. The van der Waals surface area contributed by atoms with E-state index in [0.29, 0.717) is 31.5 Å². The van der Waals surface area contributed by atoms with Crippen LogP contribution in [0.2, 0.25) is 0 Å². The first kappa shape index (κ1) is 34.9. The Hall–Kier alpha value is -4.96. The Kier molecular flexibility index (Phi) is 10.4. The lowest BCUT2D eigenvalue weighted by Crippen LogP contribution is -2.54. The maximum atomic E-state index is 14.1. The molecule has 10 nitrogen and oxygen atoms in total. The minimum Gasteiger partial charge on any atom is -0.465 e. The first-order valence-electron chi connectivity index (χ1n) is 17.5. The summed E-state index contributed by atoms with van der Waals surface area (Å²) >= 11 is 0. The highest BCUT2D eigenvalue weighted by atomic mass is 16.5. The SMILES string of the molecule is COCCCn1c([C@@H]2CCCN(C(=O)C[C@@H](Cc3ccc(-n4ccc5ccccc5c4=O)cc3)N(C(=O)O)C(C)(C)C)C2)nc2ccccc21. The van der Waals surface area contributed by atoms with Crippen molar-refractivity contribution in [3.63, 3.8) is 0 Å². The Morgan fingerprint density at radius 2 is 1.76 bits per heavy atom. The number of benzene rings is 3. The van der Waals surface area contributed by atoms with Crippen molar-refractivity contribution in [1.29, 1.82) is 0 Å². The van der Waals surface area contributed by atoms with E-state index in [1.165, 1.54) is 4.90 Å². The predicted molar refractivity (Wildman–Crippen MR) is 196 cm³/mol. The summed E-state index contributed by atoms with van der Waals surface area (Å²) in [6.07, 6.45) is 3.76. The lowest BCUT2D eigenvalue weighted by atomic mass is 9.93. The van der Waals surface area contributed by atoms with Crippen LogP contribution in [-0.2, 0) is 22.5 Å². The summed E-state index contributed by atoms with van der Waals surface area (Å²) in [5.41, 5.74) is 2.80. The number of likely N-dealkylation sites (tertiary alicyclic amines) is 1. The summed E-state index contributed by atoms with van der Waals surface area (Å²) in [6, 6.07) is 24.6. The highest BCUT2D eigenvalue weighted by Crippen LogP contribution is 2.31. The van der Waals surface area contributed by atoms with Crippen molar-refractivity contribution in [3.8, 4) is 5.69 Å². The minimum absolute atomic E-state index is 0.0587. The molecule has 10 heteroatoms. The number of carbonyl (C=O) groups excluding carboxylic acids is 1. The predicted octanol–water partition coefficient (Wildman–Crippen LogP) is 6.86. The van der Waals surface area contributed by atoms with Crippen LogP contribution in [0, 0.1) is 0 Å². The molecule has 2 atom stereocenters. The third-order valence-electron chi connectivity index (χ3n) is 9.76. The van der Waals surface area contributed by atoms with Gasteiger partial charge in [0.05, 0.1) is 11.0 Å². The van der Waals surface area contributed by atoms with Gasteiger partial charge in [0.2, 0.25) is 5.91 Å². The van der Waals surface area contributed by atoms with Crippen molar-refractivity contribution >= 4 is 33.8 Å². The van der Waals surface area contributed by atoms with E-state index in [2.05, 4.69) is 10.6 Å². The number of rotatable bonds is 11. The maximum Gasteiger partial charge on any atom is 0.408 e. The Morgan fingerprint density at radius 1 is 1.02 bits per heavy atom. The first-order chi connectivity index (χ1) is 24.0. The molecule has 0 radical (unpaired) electrons. The van der Waals surface area contributed by atoms with E-state index in [0.717, 1.165) is 59.3 Å². The summed E-state index contributed by atoms with van der Waals surface area (Å²) in [4.78, 5) is 48.4. The van der Waals surface area contributed by atoms with Gasteiger partial charge in [-0.25, -0.2) is 9.78 Å². The van der Waals surface area contributed by atoms with Gasteiger partial charge < -0.3 is 19.3 Å². The molecule has 1 fully saturated rings. The molecule has 1 aliphatic heterocycles. The maximum absolute atomic E-state index is 14.1. The molecule has 262 valence electrons. The van der Waals surface area contributed by atoms with Gasteiger partial charge in [0.1, 0.15) is 5.82 Å². The molecule has 0 saturated carbocycles. The third kappa shape index (κ3) is 7.45. The molecule has 0 bridgehead atoms. The van der Waals surface area contributed by atoms with Crippen LogP contribution in [0.1, 0.15) is 63.8 Å². The van der Waals surface area contributed by atoms with Crippen molar-refractivity contribution in [2.75, 3.05) is 26.8 Å². The van der Waals surface area contributed by atoms with Crippen LogP contribution in [-0.4, -0.2) is 79.4 Å². The van der Waals surface area contributed by atoms with Gasteiger partial charge in [0.25, 0.3) is 5.56 Å². The first-order valence-corrected chi connectivity index (χ1v) is 17.5. The molecule has 0 spiro atoms. The fourth-order valence-corrected chi connectivity index (χ4v) is 7.46. The second kappa shape index (κ2) is 14.9. The van der Waals surface area contributed by atoms with Crippen LogP contribution < -0.4 is 5.56 Å². The second-order valence-electron chi connectivity index (χ2n) is 14.3. The number of amides is 2. The topological polar surface area (TPSA) is 110 Å². The molecule has 3 heterocycles. The van der Waals surface area contributed by atoms with Gasteiger partial charge in [0, 0.05) is 74.5 Å². The number of methoxy groups -OCH3 is 1. The summed E-state index contributed by atoms with van der Waals surface area (Å²) in [5.74, 6) is 1.01. The van der Waals surface area contributed by atoms with Crippen molar-refractivity contribution in [3.05, 3.63) is 107 Å². The summed E-state index contributed by atoms with van der Waals surface area (Å²) < 4.78 is 9.21. The molecule has 5 aromatic rings. The lowest BCUT2D eigenvalue weighted by molar-refractivity contribution is -0.134. The quantitative estimate of drug-likeness (QED) is 0.153. The molecule has 1 N–H and O–H groups in total. The van der Waals surface area contributed by atoms with E-state index in [-0.39, 0.29) is 23.8 Å². The van der Waals surface area contributed by atoms with Crippen LogP contribution in [0.15, 0.2) is 89.9 Å². The number of aryl methyl sites for hydroxylation is 1. The summed E-state index contributed by atoms with van der Waals surface area (Å²) in [6.45, 7) is 8.18. The zero-order chi connectivity index (χ0) is 35.4. The second-order valence-corrected chi connectivity index (χ2v) is 14.3. The summed E-state index contributed by atoms with van der Waals surface area (Å²) in [7, 11) is 1.71. The van der Waals surface area contributed by atoms with Crippen LogP contribution >= 0.6 is 0 Å². The number of ether oxygens (including phenoxy) is 1. The minimum atomic E-state index is -1.06. The molecule has 0 aliphatic carbocycles. The number of hydrogen-bond acceptors (Lipinski definition) is 5. The van der Waals surface area contributed by atoms with Gasteiger partial charge in [-0.1, -0.05) is 42.5 Å². The van der Waals surface area contributed by atoms with E-state index in [1.54, 1.807) is 17.9 Å². The van der Waals surface area contributed by atoms with Gasteiger partial charge >= 0.3 is 6.09 Å². The number of pyridine rings is 1. The summed E-state index contributed by atoms with van der Waals surface area (Å²) in [5, 5.41) is 11.9. The number of carbonyl (C=O) groups is 2. The number of aromatic nitrogens is 3. The Morgan fingerprint density at radius 3 is 2.50 bits per heavy atom. The number of imidazole rings is 1.